The molecule has 2 aromatic rings. The molecule has 26 heavy (non-hydrogen) atoms. The number of halogens is 2. The lowest BCUT2D eigenvalue weighted by molar-refractivity contribution is 0.185. The average Bonchev–Trinajstić information content (AvgIpc) is 2.57. The number of hydrogen-bond donors (Lipinski definition) is 2. The number of rotatable bonds is 7. The van der Waals surface area contributed by atoms with Gasteiger partial charge in [0.1, 0.15) is 5.82 Å². The summed E-state index contributed by atoms with van der Waals surface area (Å²) in [4.78, 5) is 6.27. The van der Waals surface area contributed by atoms with Crippen molar-refractivity contribution in [1.29, 1.82) is 0 Å². The van der Waals surface area contributed by atoms with E-state index in [9.17, 15) is 4.39 Å². The summed E-state index contributed by atoms with van der Waals surface area (Å²) in [7, 11) is 5.46. The largest absolute Gasteiger partial charge is 0.380 e. The molecule has 0 unspecified atom stereocenters. The van der Waals surface area contributed by atoms with Gasteiger partial charge in [0.15, 0.2) is 5.96 Å². The summed E-state index contributed by atoms with van der Waals surface area (Å²) < 4.78 is 19.0. The van der Waals surface area contributed by atoms with Crippen LogP contribution in [0.1, 0.15) is 16.7 Å². The second-order valence-corrected chi connectivity index (χ2v) is 6.08. The number of benzene rings is 2. The normalized spacial score (nSPS) is 11.3. The molecular weight excluding hydrogens is 446 g/mol. The Morgan fingerprint density at radius 2 is 1.92 bits per heavy atom. The first kappa shape index (κ1) is 22.3. The second kappa shape index (κ2) is 11.1. The van der Waals surface area contributed by atoms with Crippen molar-refractivity contribution in [2.45, 2.75) is 19.7 Å². The van der Waals surface area contributed by atoms with Crippen LogP contribution in [0.15, 0.2) is 47.5 Å². The molecule has 2 aromatic carbocycles. The van der Waals surface area contributed by atoms with Crippen LogP contribution in [0.25, 0.3) is 0 Å². The van der Waals surface area contributed by atoms with Crippen molar-refractivity contribution in [3.63, 3.8) is 0 Å². The Labute approximate surface area is 171 Å². The average molecular weight is 472 g/mol. The van der Waals surface area contributed by atoms with E-state index in [4.69, 9.17) is 10.5 Å². The van der Waals surface area contributed by atoms with Crippen molar-refractivity contribution >= 4 is 35.6 Å². The summed E-state index contributed by atoms with van der Waals surface area (Å²) in [5.74, 6) is 0.100. The number of nitrogens with two attached hydrogens (primary N) is 1. The Morgan fingerprint density at radius 3 is 2.62 bits per heavy atom. The van der Waals surface area contributed by atoms with Crippen LogP contribution in [0.3, 0.4) is 0 Å². The SMILES string of the molecule is COCc1ccccc1NC(N)=NCc1ccc(F)c(CN(C)C)c1.I. The van der Waals surface area contributed by atoms with Crippen molar-refractivity contribution in [2.24, 2.45) is 10.7 Å². The number of hydrogen-bond acceptors (Lipinski definition) is 3. The van der Waals surface area contributed by atoms with Crippen molar-refractivity contribution in [2.75, 3.05) is 26.5 Å². The third-order valence-electron chi connectivity index (χ3n) is 3.61. The molecule has 0 radical (unpaired) electrons. The van der Waals surface area contributed by atoms with E-state index in [1.165, 1.54) is 6.07 Å². The standard InChI is InChI=1S/C19H25FN4O.HI/c1-24(2)12-16-10-14(8-9-17(16)20)11-22-19(21)23-18-7-5-4-6-15(18)13-25-3;/h4-10H,11-13H2,1-3H3,(H3,21,22,23);1H. The van der Waals surface area contributed by atoms with Gasteiger partial charge in [0.05, 0.1) is 13.2 Å². The molecule has 142 valence electrons. The number of anilines is 1. The zero-order valence-electron chi connectivity index (χ0n) is 15.3. The Bertz CT molecular complexity index is 737. The first-order valence-corrected chi connectivity index (χ1v) is 8.05. The highest BCUT2D eigenvalue weighted by Gasteiger charge is 2.06. The molecule has 0 amide bonds. The third kappa shape index (κ3) is 6.89. The Morgan fingerprint density at radius 1 is 1.19 bits per heavy atom. The molecule has 2 rings (SSSR count). The molecule has 0 bridgehead atoms. The predicted octanol–water partition coefficient (Wildman–Crippen LogP) is 3.58. The van der Waals surface area contributed by atoms with E-state index in [0.717, 1.165) is 16.8 Å². The number of para-hydroxylation sites is 1. The zero-order valence-corrected chi connectivity index (χ0v) is 17.7. The van der Waals surface area contributed by atoms with Gasteiger partial charge in [-0.25, -0.2) is 9.38 Å². The highest BCUT2D eigenvalue weighted by atomic mass is 127. The highest BCUT2D eigenvalue weighted by molar-refractivity contribution is 14.0. The molecule has 0 atom stereocenters. The molecule has 0 aliphatic carbocycles. The fourth-order valence-electron chi connectivity index (χ4n) is 2.47. The molecule has 5 nitrogen and oxygen atoms in total. The Balaban J connectivity index is 0.00000338. The summed E-state index contributed by atoms with van der Waals surface area (Å²) in [6, 6.07) is 12.8. The quantitative estimate of drug-likeness (QED) is 0.368. The fourth-order valence-corrected chi connectivity index (χ4v) is 2.47. The summed E-state index contributed by atoms with van der Waals surface area (Å²) in [6.45, 7) is 1.41. The lowest BCUT2D eigenvalue weighted by Crippen LogP contribution is -2.23. The molecule has 3 N–H and O–H groups in total. The lowest BCUT2D eigenvalue weighted by atomic mass is 10.1. The van der Waals surface area contributed by atoms with Gasteiger partial charge in [0.2, 0.25) is 0 Å². The summed E-state index contributed by atoms with van der Waals surface area (Å²) in [5.41, 5.74) is 9.40. The first-order valence-electron chi connectivity index (χ1n) is 8.05. The van der Waals surface area contributed by atoms with Gasteiger partial charge in [0.25, 0.3) is 0 Å². The van der Waals surface area contributed by atoms with Crippen LogP contribution >= 0.6 is 24.0 Å². The van der Waals surface area contributed by atoms with Crippen molar-refractivity contribution in [3.05, 3.63) is 65.0 Å². The maximum Gasteiger partial charge on any atom is 0.193 e. The van der Waals surface area contributed by atoms with Crippen LogP contribution in [0.5, 0.6) is 0 Å². The summed E-state index contributed by atoms with van der Waals surface area (Å²) in [6.07, 6.45) is 0. The zero-order chi connectivity index (χ0) is 18.2. The van der Waals surface area contributed by atoms with Crippen LogP contribution in [-0.4, -0.2) is 32.1 Å². The van der Waals surface area contributed by atoms with Crippen LogP contribution in [0.2, 0.25) is 0 Å². The number of ether oxygens (including phenoxy) is 1. The predicted molar refractivity (Wildman–Crippen MR) is 115 cm³/mol. The number of nitrogens with one attached hydrogen (secondary N) is 1. The topological polar surface area (TPSA) is 62.9 Å². The number of nitrogens with zero attached hydrogens (tertiary/aromatic N) is 2. The van der Waals surface area contributed by atoms with Gasteiger partial charge in [-0.2, -0.15) is 0 Å². The van der Waals surface area contributed by atoms with Gasteiger partial charge >= 0.3 is 0 Å². The highest BCUT2D eigenvalue weighted by Crippen LogP contribution is 2.16. The van der Waals surface area contributed by atoms with Gasteiger partial charge in [-0.05, 0) is 37.9 Å². The fraction of sp³-hybridized carbons (Fsp3) is 0.316. The molecule has 0 saturated carbocycles. The molecule has 0 heterocycles. The van der Waals surface area contributed by atoms with Gasteiger partial charge in [-0.15, -0.1) is 24.0 Å². The lowest BCUT2D eigenvalue weighted by Gasteiger charge is -2.12. The summed E-state index contributed by atoms with van der Waals surface area (Å²) >= 11 is 0. The minimum absolute atomic E-state index is 0. The van der Waals surface area contributed by atoms with Crippen molar-refractivity contribution in [1.82, 2.24) is 4.90 Å². The number of guanidine groups is 1. The van der Waals surface area contributed by atoms with Gasteiger partial charge < -0.3 is 20.7 Å². The molecular formula is C19H26FIN4O. The van der Waals surface area contributed by atoms with Crippen LogP contribution < -0.4 is 11.1 Å². The van der Waals surface area contributed by atoms with E-state index in [0.29, 0.717) is 31.2 Å². The number of methoxy groups -OCH3 is 1. The van der Waals surface area contributed by atoms with E-state index >= 15 is 0 Å². The first-order chi connectivity index (χ1) is 12.0. The van der Waals surface area contributed by atoms with E-state index in [2.05, 4.69) is 10.3 Å². The van der Waals surface area contributed by atoms with Gasteiger partial charge in [-0.3, -0.25) is 0 Å². The minimum atomic E-state index is -0.207. The molecule has 0 aliphatic rings. The van der Waals surface area contributed by atoms with Crippen molar-refractivity contribution < 1.29 is 9.13 Å². The van der Waals surface area contributed by atoms with Crippen LogP contribution in [-0.2, 0) is 24.4 Å². The van der Waals surface area contributed by atoms with Gasteiger partial charge in [-0.1, -0.05) is 24.3 Å². The molecule has 0 fully saturated rings. The van der Waals surface area contributed by atoms with E-state index in [1.807, 2.05) is 49.3 Å². The molecule has 7 heteroatoms. The van der Waals surface area contributed by atoms with Crippen LogP contribution in [0.4, 0.5) is 10.1 Å². The minimum Gasteiger partial charge on any atom is -0.380 e. The van der Waals surface area contributed by atoms with E-state index < -0.39 is 0 Å². The van der Waals surface area contributed by atoms with Gasteiger partial charge in [0, 0.05) is 30.5 Å². The summed E-state index contributed by atoms with van der Waals surface area (Å²) in [5, 5.41) is 3.09. The maximum absolute atomic E-state index is 13.8. The Hall–Kier alpha value is -1.71. The van der Waals surface area contributed by atoms with Crippen LogP contribution in [0, 0.1) is 5.82 Å². The maximum atomic E-state index is 13.8. The second-order valence-electron chi connectivity index (χ2n) is 6.08. The molecule has 0 aromatic heterocycles. The smallest absolute Gasteiger partial charge is 0.193 e. The molecule has 0 spiro atoms. The molecule has 0 saturated heterocycles. The Kier molecular flexibility index (Phi) is 9.53. The van der Waals surface area contributed by atoms with E-state index in [-0.39, 0.29) is 29.8 Å². The number of aliphatic imine (C=N–C) groups is 1. The van der Waals surface area contributed by atoms with E-state index in [1.54, 1.807) is 13.2 Å². The monoisotopic (exact) mass is 472 g/mol. The third-order valence-corrected chi connectivity index (χ3v) is 3.61. The molecule has 0 aliphatic heterocycles. The van der Waals surface area contributed by atoms with Crippen molar-refractivity contribution in [3.8, 4) is 0 Å².